The predicted molar refractivity (Wildman–Crippen MR) is 116 cm³/mol. The third-order valence-corrected chi connectivity index (χ3v) is 5.83. The number of nitrogens with one attached hydrogen (secondary N) is 2. The highest BCUT2D eigenvalue weighted by atomic mass is 32.1. The lowest BCUT2D eigenvalue weighted by molar-refractivity contribution is -0.121. The summed E-state index contributed by atoms with van der Waals surface area (Å²) in [5, 5.41) is 12.4. The first-order valence-electron chi connectivity index (χ1n) is 10.0. The van der Waals surface area contributed by atoms with E-state index in [1.165, 1.54) is 11.3 Å². The van der Waals surface area contributed by atoms with Gasteiger partial charge < -0.3 is 15.5 Å². The zero-order valence-corrected chi connectivity index (χ0v) is 17.3. The molecule has 1 aliphatic heterocycles. The number of hydrogen-bond acceptors (Lipinski definition) is 5. The van der Waals surface area contributed by atoms with Gasteiger partial charge in [-0.2, -0.15) is 5.10 Å². The number of urea groups is 1. The lowest BCUT2D eigenvalue weighted by atomic mass is 9.97. The van der Waals surface area contributed by atoms with Crippen LogP contribution in [0.5, 0.6) is 0 Å². The van der Waals surface area contributed by atoms with E-state index in [1.807, 2.05) is 46.6 Å². The maximum Gasteiger partial charge on any atom is 0.317 e. The minimum Gasteiger partial charge on any atom is -0.338 e. The van der Waals surface area contributed by atoms with Crippen LogP contribution < -0.4 is 10.6 Å². The second-order valence-electron chi connectivity index (χ2n) is 7.21. The largest absolute Gasteiger partial charge is 0.338 e. The Balaban J connectivity index is 1.23. The second kappa shape index (κ2) is 9.53. The zero-order chi connectivity index (χ0) is 20.8. The Morgan fingerprint density at radius 3 is 2.80 bits per heavy atom. The molecule has 0 radical (unpaired) electrons. The summed E-state index contributed by atoms with van der Waals surface area (Å²) in [5.41, 5.74) is 2.15. The molecule has 1 unspecified atom stereocenters. The molecule has 8 nitrogen and oxygen atoms in total. The molecule has 1 aromatic carbocycles. The fourth-order valence-electron chi connectivity index (χ4n) is 3.53. The molecular weight excluding hydrogens is 400 g/mol. The Morgan fingerprint density at radius 1 is 1.20 bits per heavy atom. The lowest BCUT2D eigenvalue weighted by Crippen LogP contribution is -2.48. The van der Waals surface area contributed by atoms with Crippen molar-refractivity contribution in [1.82, 2.24) is 25.0 Å². The van der Waals surface area contributed by atoms with Gasteiger partial charge in [0, 0.05) is 43.6 Å². The molecule has 2 aromatic heterocycles. The van der Waals surface area contributed by atoms with E-state index in [1.54, 1.807) is 17.3 Å². The number of hydrogen-bond donors (Lipinski definition) is 2. The van der Waals surface area contributed by atoms with Gasteiger partial charge in [0.25, 0.3) is 0 Å². The van der Waals surface area contributed by atoms with Crippen LogP contribution in [-0.2, 0) is 11.2 Å². The summed E-state index contributed by atoms with van der Waals surface area (Å²) in [7, 11) is 0. The van der Waals surface area contributed by atoms with E-state index < -0.39 is 0 Å². The molecule has 3 amide bonds. The maximum atomic E-state index is 12.5. The Hall–Kier alpha value is -3.20. The number of anilines is 1. The zero-order valence-electron chi connectivity index (χ0n) is 16.5. The van der Waals surface area contributed by atoms with Crippen molar-refractivity contribution in [3.63, 3.8) is 0 Å². The fraction of sp³-hybridized carbons (Fsp3) is 0.333. The van der Waals surface area contributed by atoms with Crippen molar-refractivity contribution in [3.8, 4) is 5.69 Å². The van der Waals surface area contributed by atoms with Gasteiger partial charge in [0.15, 0.2) is 5.13 Å². The molecule has 0 bridgehead atoms. The van der Waals surface area contributed by atoms with Crippen molar-refractivity contribution in [3.05, 3.63) is 59.9 Å². The van der Waals surface area contributed by atoms with Gasteiger partial charge in [0.05, 0.1) is 11.6 Å². The van der Waals surface area contributed by atoms with Crippen LogP contribution in [0, 0.1) is 5.92 Å². The number of benzene rings is 1. The maximum absolute atomic E-state index is 12.5. The Bertz CT molecular complexity index is 956. The normalized spacial score (nSPS) is 16.3. The SMILES string of the molecule is O=C(Nc1nccs1)C1CCCN(C(=O)NCCc2ccc(-n3cccn3)cc2)C1. The molecule has 3 heterocycles. The minimum atomic E-state index is -0.205. The van der Waals surface area contributed by atoms with E-state index in [4.69, 9.17) is 0 Å². The van der Waals surface area contributed by atoms with Crippen molar-refractivity contribution >= 4 is 28.4 Å². The van der Waals surface area contributed by atoms with Crippen molar-refractivity contribution in [1.29, 1.82) is 0 Å². The molecule has 0 spiro atoms. The van der Waals surface area contributed by atoms with Gasteiger partial charge in [0.1, 0.15) is 0 Å². The minimum absolute atomic E-state index is 0.0697. The van der Waals surface area contributed by atoms with Gasteiger partial charge >= 0.3 is 6.03 Å². The molecule has 1 atom stereocenters. The summed E-state index contributed by atoms with van der Waals surface area (Å²) in [4.78, 5) is 30.8. The number of nitrogens with zero attached hydrogens (tertiary/aromatic N) is 4. The van der Waals surface area contributed by atoms with Gasteiger partial charge in [0.2, 0.25) is 5.91 Å². The van der Waals surface area contributed by atoms with Gasteiger partial charge in [-0.25, -0.2) is 14.5 Å². The summed E-state index contributed by atoms with van der Waals surface area (Å²) >= 11 is 1.39. The van der Waals surface area contributed by atoms with E-state index in [0.717, 1.165) is 30.5 Å². The third kappa shape index (κ3) is 5.04. The topological polar surface area (TPSA) is 92.1 Å². The molecule has 1 saturated heterocycles. The molecule has 156 valence electrons. The van der Waals surface area contributed by atoms with Crippen molar-refractivity contribution in [2.24, 2.45) is 5.92 Å². The Morgan fingerprint density at radius 2 is 2.07 bits per heavy atom. The van der Waals surface area contributed by atoms with E-state index in [-0.39, 0.29) is 17.9 Å². The Kier molecular flexibility index (Phi) is 6.38. The van der Waals surface area contributed by atoms with Crippen LogP contribution >= 0.6 is 11.3 Å². The molecule has 30 heavy (non-hydrogen) atoms. The number of piperidine rings is 1. The first-order chi connectivity index (χ1) is 14.7. The molecule has 1 fully saturated rings. The number of likely N-dealkylation sites (tertiary alicyclic amines) is 1. The number of carbonyl (C=O) groups is 2. The fourth-order valence-corrected chi connectivity index (χ4v) is 4.06. The summed E-state index contributed by atoms with van der Waals surface area (Å²) in [5.74, 6) is -0.275. The number of rotatable bonds is 6. The molecule has 0 saturated carbocycles. The molecule has 3 aromatic rings. The standard InChI is InChI=1S/C21H24N6O2S/c28-19(25-20-22-11-14-30-20)17-3-1-12-26(15-17)21(29)23-10-8-16-4-6-18(7-5-16)27-13-2-9-24-27/h2,4-7,9,11,13-14,17H,1,3,8,10,12,15H2,(H,23,29)(H,22,25,28). The van der Waals surface area contributed by atoms with E-state index in [0.29, 0.717) is 24.8 Å². The average molecular weight is 425 g/mol. The molecule has 9 heteroatoms. The van der Waals surface area contributed by atoms with E-state index in [2.05, 4.69) is 20.7 Å². The number of aromatic nitrogens is 3. The lowest BCUT2D eigenvalue weighted by Gasteiger charge is -2.31. The highest BCUT2D eigenvalue weighted by Crippen LogP contribution is 2.20. The van der Waals surface area contributed by atoms with Crippen LogP contribution in [0.1, 0.15) is 18.4 Å². The average Bonchev–Trinajstić information content (AvgIpc) is 3.49. The van der Waals surface area contributed by atoms with Crippen LogP contribution in [0.2, 0.25) is 0 Å². The molecule has 1 aliphatic rings. The third-order valence-electron chi connectivity index (χ3n) is 5.14. The number of thiazole rings is 1. The second-order valence-corrected chi connectivity index (χ2v) is 8.11. The number of carbonyl (C=O) groups excluding carboxylic acids is 2. The van der Waals surface area contributed by atoms with Crippen LogP contribution in [0.15, 0.2) is 54.3 Å². The highest BCUT2D eigenvalue weighted by molar-refractivity contribution is 7.13. The molecule has 2 N–H and O–H groups in total. The highest BCUT2D eigenvalue weighted by Gasteiger charge is 2.28. The van der Waals surface area contributed by atoms with Crippen molar-refractivity contribution < 1.29 is 9.59 Å². The monoisotopic (exact) mass is 424 g/mol. The predicted octanol–water partition coefficient (Wildman–Crippen LogP) is 2.93. The quantitative estimate of drug-likeness (QED) is 0.636. The van der Waals surface area contributed by atoms with Crippen LogP contribution in [-0.4, -0.2) is 51.2 Å². The summed E-state index contributed by atoms with van der Waals surface area (Å²) < 4.78 is 1.81. The van der Waals surface area contributed by atoms with Crippen molar-refractivity contribution in [2.45, 2.75) is 19.3 Å². The van der Waals surface area contributed by atoms with Gasteiger partial charge in [-0.3, -0.25) is 4.79 Å². The van der Waals surface area contributed by atoms with Gasteiger partial charge in [-0.1, -0.05) is 12.1 Å². The van der Waals surface area contributed by atoms with Crippen LogP contribution in [0.3, 0.4) is 0 Å². The Labute approximate surface area is 178 Å². The summed E-state index contributed by atoms with van der Waals surface area (Å²) in [6.07, 6.45) is 7.65. The van der Waals surface area contributed by atoms with Gasteiger partial charge in [-0.15, -0.1) is 11.3 Å². The van der Waals surface area contributed by atoms with Crippen molar-refractivity contribution in [2.75, 3.05) is 25.0 Å². The molecule has 4 rings (SSSR count). The smallest absolute Gasteiger partial charge is 0.317 e. The summed E-state index contributed by atoms with van der Waals surface area (Å²) in [6.45, 7) is 1.65. The van der Waals surface area contributed by atoms with Crippen LogP contribution in [0.25, 0.3) is 5.69 Å². The molecular formula is C21H24N6O2S. The first-order valence-corrected chi connectivity index (χ1v) is 10.9. The van der Waals surface area contributed by atoms with E-state index in [9.17, 15) is 9.59 Å². The first kappa shape index (κ1) is 20.1. The van der Waals surface area contributed by atoms with Crippen LogP contribution in [0.4, 0.5) is 9.93 Å². The van der Waals surface area contributed by atoms with Gasteiger partial charge in [-0.05, 0) is 43.0 Å². The summed E-state index contributed by atoms with van der Waals surface area (Å²) in [6, 6.07) is 9.89. The molecule has 0 aliphatic carbocycles. The number of amides is 3. The van der Waals surface area contributed by atoms with E-state index >= 15 is 0 Å².